The van der Waals surface area contributed by atoms with Crippen molar-refractivity contribution in [2.24, 2.45) is 0 Å². The lowest BCUT2D eigenvalue weighted by Crippen LogP contribution is -2.25. The molecule has 2 rings (SSSR count). The van der Waals surface area contributed by atoms with E-state index in [-0.39, 0.29) is 17.2 Å². The maximum atomic E-state index is 12.6. The number of halogens is 5. The number of hydrogen-bond donors (Lipinski definition) is 1. The van der Waals surface area contributed by atoms with Crippen molar-refractivity contribution in [2.75, 3.05) is 11.9 Å². The van der Waals surface area contributed by atoms with E-state index in [4.69, 9.17) is 0 Å². The summed E-state index contributed by atoms with van der Waals surface area (Å²) in [5.41, 5.74) is 0.0161. The molecule has 0 spiro atoms. The first-order valence-corrected chi connectivity index (χ1v) is 4.46. The Morgan fingerprint density at radius 3 is 2.41 bits per heavy atom. The van der Waals surface area contributed by atoms with E-state index in [9.17, 15) is 22.0 Å². The van der Waals surface area contributed by atoms with E-state index in [1.54, 1.807) is 0 Å². The lowest BCUT2D eigenvalue weighted by Gasteiger charge is -2.09. The lowest BCUT2D eigenvalue weighted by atomic mass is 10.3. The second-order valence-electron chi connectivity index (χ2n) is 3.30. The Hall–Kier alpha value is -1.73. The van der Waals surface area contributed by atoms with Crippen molar-refractivity contribution in [1.29, 1.82) is 0 Å². The summed E-state index contributed by atoms with van der Waals surface area (Å²) in [4.78, 5) is 0. The zero-order chi connectivity index (χ0) is 12.7. The molecule has 0 saturated heterocycles. The Bertz CT molecular complexity index is 432. The number of anilines is 1. The monoisotopic (exact) mass is 255 g/mol. The highest BCUT2D eigenvalue weighted by Crippen LogP contribution is 2.42. The van der Waals surface area contributed by atoms with Crippen molar-refractivity contribution in [2.45, 2.75) is 12.5 Å². The number of fused-ring (bicyclic) bond motifs is 1. The van der Waals surface area contributed by atoms with Crippen LogP contribution in [0.2, 0.25) is 0 Å². The summed E-state index contributed by atoms with van der Waals surface area (Å²) in [6, 6.07) is 3.31. The van der Waals surface area contributed by atoms with Gasteiger partial charge in [0.05, 0.1) is 0 Å². The Balaban J connectivity index is 2.09. The number of alkyl halides is 5. The minimum atomic E-state index is -4.39. The molecule has 1 aliphatic rings. The molecule has 0 fully saturated rings. The minimum Gasteiger partial charge on any atom is -0.395 e. The first-order valence-electron chi connectivity index (χ1n) is 4.46. The number of ether oxygens (including phenoxy) is 2. The number of hydrogen-bond acceptors (Lipinski definition) is 3. The molecule has 94 valence electrons. The van der Waals surface area contributed by atoms with Crippen molar-refractivity contribution in [1.82, 2.24) is 0 Å². The van der Waals surface area contributed by atoms with Crippen LogP contribution in [0.15, 0.2) is 18.2 Å². The smallest absolute Gasteiger partial charge is 0.395 e. The van der Waals surface area contributed by atoms with E-state index in [1.165, 1.54) is 6.07 Å². The summed E-state index contributed by atoms with van der Waals surface area (Å²) in [7, 11) is 0. The molecule has 0 radical (unpaired) electrons. The van der Waals surface area contributed by atoms with Gasteiger partial charge in [-0.25, -0.2) is 0 Å². The van der Waals surface area contributed by atoms with Crippen LogP contribution in [0.25, 0.3) is 0 Å². The average Bonchev–Trinajstić information content (AvgIpc) is 2.46. The molecule has 0 atom stereocenters. The summed E-state index contributed by atoms with van der Waals surface area (Å²) in [6.45, 7) is -1.26. The molecule has 8 heteroatoms. The largest absolute Gasteiger partial charge is 0.586 e. The van der Waals surface area contributed by atoms with Gasteiger partial charge in [-0.05, 0) is 12.1 Å². The molecule has 1 N–H and O–H groups in total. The van der Waals surface area contributed by atoms with Gasteiger partial charge < -0.3 is 14.8 Å². The Labute approximate surface area is 92.1 Å². The predicted molar refractivity (Wildman–Crippen MR) is 47.2 cm³/mol. The third-order valence-corrected chi connectivity index (χ3v) is 1.89. The fourth-order valence-corrected chi connectivity index (χ4v) is 1.26. The van der Waals surface area contributed by atoms with Gasteiger partial charge in [-0.1, -0.05) is 0 Å². The van der Waals surface area contributed by atoms with Crippen LogP contribution < -0.4 is 14.8 Å². The molecule has 0 amide bonds. The molecule has 0 unspecified atom stereocenters. The van der Waals surface area contributed by atoms with Gasteiger partial charge >= 0.3 is 12.5 Å². The van der Waals surface area contributed by atoms with Crippen LogP contribution >= 0.6 is 0 Å². The first kappa shape index (κ1) is 11.7. The van der Waals surface area contributed by atoms with Gasteiger partial charge in [0.2, 0.25) is 0 Å². The Kier molecular flexibility index (Phi) is 2.52. The molecular weight excluding hydrogens is 249 g/mol. The van der Waals surface area contributed by atoms with Crippen molar-refractivity contribution in [3.05, 3.63) is 18.2 Å². The molecular formula is C9H6F5NO2. The van der Waals surface area contributed by atoms with Gasteiger partial charge in [0, 0.05) is 11.8 Å². The summed E-state index contributed by atoms with van der Waals surface area (Å²) < 4.78 is 69.1. The number of rotatable bonds is 2. The summed E-state index contributed by atoms with van der Waals surface area (Å²) in [5.74, 6) is -0.519. The van der Waals surface area contributed by atoms with Crippen molar-refractivity contribution < 1.29 is 31.4 Å². The molecule has 0 aromatic heterocycles. The summed E-state index contributed by atoms with van der Waals surface area (Å²) >= 11 is 0. The molecule has 1 heterocycles. The second kappa shape index (κ2) is 3.64. The van der Waals surface area contributed by atoms with Crippen LogP contribution in [-0.4, -0.2) is 19.0 Å². The van der Waals surface area contributed by atoms with Crippen LogP contribution in [0.4, 0.5) is 27.6 Å². The summed E-state index contributed by atoms with van der Waals surface area (Å²) in [6.07, 6.45) is -8.16. The summed E-state index contributed by atoms with van der Waals surface area (Å²) in [5, 5.41) is 2.04. The third-order valence-electron chi connectivity index (χ3n) is 1.89. The maximum absolute atomic E-state index is 12.6. The number of benzene rings is 1. The Morgan fingerprint density at radius 2 is 1.76 bits per heavy atom. The third kappa shape index (κ3) is 2.89. The fraction of sp³-hybridized carbons (Fsp3) is 0.333. The van der Waals surface area contributed by atoms with Gasteiger partial charge in [0.15, 0.2) is 11.5 Å². The van der Waals surface area contributed by atoms with E-state index in [1.807, 2.05) is 5.32 Å². The standard InChI is InChI=1S/C9H6F5NO2/c10-8(11,12)4-15-5-1-2-6-7(3-5)17-9(13,14)16-6/h1-3,15H,4H2. The molecule has 0 bridgehead atoms. The maximum Gasteiger partial charge on any atom is 0.586 e. The highest BCUT2D eigenvalue weighted by atomic mass is 19.4. The van der Waals surface area contributed by atoms with Crippen LogP contribution in [0.5, 0.6) is 11.5 Å². The lowest BCUT2D eigenvalue weighted by molar-refractivity contribution is -0.286. The van der Waals surface area contributed by atoms with E-state index in [0.717, 1.165) is 12.1 Å². The molecule has 1 aliphatic heterocycles. The molecule has 0 saturated carbocycles. The van der Waals surface area contributed by atoms with Gasteiger partial charge in [-0.2, -0.15) is 13.2 Å². The zero-order valence-corrected chi connectivity index (χ0v) is 8.15. The molecule has 1 aromatic carbocycles. The number of nitrogens with one attached hydrogen (secondary N) is 1. The highest BCUT2D eigenvalue weighted by Gasteiger charge is 2.43. The predicted octanol–water partition coefficient (Wildman–Crippen LogP) is 2.98. The van der Waals surface area contributed by atoms with Gasteiger partial charge in [-0.15, -0.1) is 8.78 Å². The van der Waals surface area contributed by atoms with Crippen LogP contribution in [0.1, 0.15) is 0 Å². The van der Waals surface area contributed by atoms with Gasteiger partial charge in [0.1, 0.15) is 6.54 Å². The van der Waals surface area contributed by atoms with Gasteiger partial charge in [-0.3, -0.25) is 0 Å². The fourth-order valence-electron chi connectivity index (χ4n) is 1.26. The SMILES string of the molecule is FC(F)(F)CNc1ccc2c(c1)OC(F)(F)O2. The van der Waals surface area contributed by atoms with Crippen LogP contribution in [0.3, 0.4) is 0 Å². The normalized spacial score (nSPS) is 17.0. The van der Waals surface area contributed by atoms with Crippen molar-refractivity contribution in [3.8, 4) is 11.5 Å². The van der Waals surface area contributed by atoms with Gasteiger partial charge in [0.25, 0.3) is 0 Å². The van der Waals surface area contributed by atoms with Crippen molar-refractivity contribution >= 4 is 5.69 Å². The van der Waals surface area contributed by atoms with Crippen LogP contribution in [0, 0.1) is 0 Å². The van der Waals surface area contributed by atoms with Crippen molar-refractivity contribution in [3.63, 3.8) is 0 Å². The highest BCUT2D eigenvalue weighted by molar-refractivity contribution is 5.56. The molecule has 3 nitrogen and oxygen atoms in total. The van der Waals surface area contributed by atoms with E-state index in [0.29, 0.717) is 0 Å². The van der Waals surface area contributed by atoms with Crippen LogP contribution in [-0.2, 0) is 0 Å². The first-order chi connectivity index (χ1) is 7.75. The Morgan fingerprint density at radius 1 is 1.12 bits per heavy atom. The topological polar surface area (TPSA) is 30.5 Å². The van der Waals surface area contributed by atoms with E-state index < -0.39 is 19.0 Å². The van der Waals surface area contributed by atoms with E-state index in [2.05, 4.69) is 9.47 Å². The zero-order valence-electron chi connectivity index (χ0n) is 8.15. The molecule has 17 heavy (non-hydrogen) atoms. The molecule has 0 aliphatic carbocycles. The minimum absolute atomic E-state index is 0.0161. The van der Waals surface area contributed by atoms with E-state index >= 15 is 0 Å². The average molecular weight is 255 g/mol. The molecule has 1 aromatic rings. The quantitative estimate of drug-likeness (QED) is 0.824. The second-order valence-corrected chi connectivity index (χ2v) is 3.30.